The Labute approximate surface area is 209 Å². The number of amides is 1. The van der Waals surface area contributed by atoms with Crippen LogP contribution in [0.5, 0.6) is 23.0 Å². The number of aromatic nitrogens is 3. The third-order valence-electron chi connectivity index (χ3n) is 5.01. The summed E-state index contributed by atoms with van der Waals surface area (Å²) in [7, 11) is 4.78. The van der Waals surface area contributed by atoms with E-state index in [1.165, 1.54) is 6.08 Å². The molecule has 0 atom stereocenters. The molecule has 1 N–H and O–H groups in total. The lowest BCUT2D eigenvalue weighted by Gasteiger charge is -2.09. The van der Waals surface area contributed by atoms with Crippen molar-refractivity contribution in [3.8, 4) is 23.0 Å². The van der Waals surface area contributed by atoms with Crippen molar-refractivity contribution in [3.05, 3.63) is 59.9 Å². The molecule has 0 fully saturated rings. The van der Waals surface area contributed by atoms with Gasteiger partial charge in [-0.3, -0.25) is 4.79 Å². The van der Waals surface area contributed by atoms with Crippen LogP contribution < -0.4 is 24.3 Å². The maximum Gasteiger partial charge on any atom is 0.244 e. The van der Waals surface area contributed by atoms with Crippen LogP contribution in [0.15, 0.2) is 53.7 Å². The lowest BCUT2D eigenvalue weighted by molar-refractivity contribution is -0.116. The topological polar surface area (TPSA) is 96.7 Å². The van der Waals surface area contributed by atoms with Crippen molar-refractivity contribution in [3.63, 3.8) is 0 Å². The zero-order valence-corrected chi connectivity index (χ0v) is 21.1. The summed E-state index contributed by atoms with van der Waals surface area (Å²) in [6.45, 7) is 3.52. The molecule has 3 aromatic rings. The molecule has 0 spiro atoms. The van der Waals surface area contributed by atoms with E-state index in [4.69, 9.17) is 18.9 Å². The van der Waals surface area contributed by atoms with Gasteiger partial charge in [-0.05, 0) is 55.0 Å². The van der Waals surface area contributed by atoms with Gasteiger partial charge in [0.05, 0.1) is 34.5 Å². The summed E-state index contributed by atoms with van der Waals surface area (Å²) in [5.74, 6) is 3.99. The van der Waals surface area contributed by atoms with Crippen LogP contribution in [0.25, 0.3) is 6.08 Å². The number of thioether (sulfide) groups is 1. The molecule has 1 heterocycles. The lowest BCUT2D eigenvalue weighted by atomic mass is 10.2. The fourth-order valence-electron chi connectivity index (χ4n) is 3.19. The molecule has 10 heteroatoms. The maximum absolute atomic E-state index is 12.3. The average molecular weight is 499 g/mol. The molecular formula is C25H30N4O5S. The van der Waals surface area contributed by atoms with Crippen molar-refractivity contribution in [1.82, 2.24) is 20.1 Å². The quantitative estimate of drug-likeness (QED) is 0.216. The van der Waals surface area contributed by atoms with Gasteiger partial charge < -0.3 is 28.8 Å². The second-order valence-electron chi connectivity index (χ2n) is 7.18. The Balaban J connectivity index is 1.48. The Hall–Kier alpha value is -3.66. The van der Waals surface area contributed by atoms with Gasteiger partial charge in [-0.25, -0.2) is 0 Å². The second-order valence-corrected chi connectivity index (χ2v) is 8.24. The van der Waals surface area contributed by atoms with Gasteiger partial charge >= 0.3 is 0 Å². The highest BCUT2D eigenvalue weighted by Gasteiger charge is 2.12. The molecule has 0 radical (unpaired) electrons. The van der Waals surface area contributed by atoms with Gasteiger partial charge in [0.1, 0.15) is 11.5 Å². The summed E-state index contributed by atoms with van der Waals surface area (Å²) in [5.41, 5.74) is 0.824. The molecule has 0 bridgehead atoms. The van der Waals surface area contributed by atoms with Crippen molar-refractivity contribution >= 4 is 23.7 Å². The van der Waals surface area contributed by atoms with E-state index in [2.05, 4.69) is 15.5 Å². The first-order valence-corrected chi connectivity index (χ1v) is 12.1. The maximum atomic E-state index is 12.3. The third kappa shape index (κ3) is 7.41. The number of hydrogen-bond donors (Lipinski definition) is 1. The normalized spacial score (nSPS) is 10.9. The van der Waals surface area contributed by atoms with Crippen molar-refractivity contribution in [1.29, 1.82) is 0 Å². The highest BCUT2D eigenvalue weighted by Crippen LogP contribution is 2.28. The molecule has 3 rings (SSSR count). The van der Waals surface area contributed by atoms with Crippen LogP contribution in [0.3, 0.4) is 0 Å². The van der Waals surface area contributed by atoms with Gasteiger partial charge in [0.15, 0.2) is 22.5 Å². The SMILES string of the molecule is CCn1c(CNC(=O)C=Cc2ccc(OC)c(OC)c2)nnc1SCCOc1ccc(OC)cc1. The molecule has 2 aromatic carbocycles. The fraction of sp³-hybridized carbons (Fsp3) is 0.320. The largest absolute Gasteiger partial charge is 0.497 e. The summed E-state index contributed by atoms with van der Waals surface area (Å²) in [6.07, 6.45) is 3.19. The zero-order chi connectivity index (χ0) is 25.0. The highest BCUT2D eigenvalue weighted by atomic mass is 32.2. The lowest BCUT2D eigenvalue weighted by Crippen LogP contribution is -2.22. The molecule has 0 aliphatic carbocycles. The Bertz CT molecular complexity index is 1130. The van der Waals surface area contributed by atoms with Gasteiger partial charge in [0.25, 0.3) is 0 Å². The van der Waals surface area contributed by atoms with Gasteiger partial charge in [-0.15, -0.1) is 10.2 Å². The minimum atomic E-state index is -0.229. The molecule has 0 aliphatic heterocycles. The molecule has 0 saturated carbocycles. The van der Waals surface area contributed by atoms with E-state index in [9.17, 15) is 4.79 Å². The van der Waals surface area contributed by atoms with Crippen molar-refractivity contribution in [2.75, 3.05) is 33.7 Å². The summed E-state index contributed by atoms with van der Waals surface area (Å²) >= 11 is 1.56. The Kier molecular flexibility index (Phi) is 9.85. The molecule has 9 nitrogen and oxygen atoms in total. The Morgan fingerprint density at radius 2 is 1.74 bits per heavy atom. The second kappa shape index (κ2) is 13.3. The molecule has 1 aromatic heterocycles. The third-order valence-corrected chi connectivity index (χ3v) is 5.94. The average Bonchev–Trinajstić information content (AvgIpc) is 3.30. The number of carbonyl (C=O) groups is 1. The van der Waals surface area contributed by atoms with Crippen LogP contribution in [-0.2, 0) is 17.9 Å². The molecule has 186 valence electrons. The molecular weight excluding hydrogens is 468 g/mol. The predicted molar refractivity (Wildman–Crippen MR) is 135 cm³/mol. The molecule has 0 aliphatic rings. The summed E-state index contributed by atoms with van der Waals surface area (Å²) in [4.78, 5) is 12.3. The van der Waals surface area contributed by atoms with Gasteiger partial charge in [0, 0.05) is 18.4 Å². The number of rotatable bonds is 13. The van der Waals surface area contributed by atoms with Crippen LogP contribution >= 0.6 is 11.8 Å². The first-order chi connectivity index (χ1) is 17.1. The van der Waals surface area contributed by atoms with Crippen molar-refractivity contribution in [2.24, 2.45) is 0 Å². The number of ether oxygens (including phenoxy) is 4. The number of carbonyl (C=O) groups excluding carboxylic acids is 1. The number of nitrogens with one attached hydrogen (secondary N) is 1. The van der Waals surface area contributed by atoms with E-state index >= 15 is 0 Å². The van der Waals surface area contributed by atoms with Crippen LogP contribution in [0.1, 0.15) is 18.3 Å². The number of nitrogens with zero attached hydrogens (tertiary/aromatic N) is 3. The Morgan fingerprint density at radius 1 is 1.00 bits per heavy atom. The zero-order valence-electron chi connectivity index (χ0n) is 20.3. The van der Waals surface area contributed by atoms with E-state index < -0.39 is 0 Å². The molecule has 0 unspecified atom stereocenters. The molecule has 35 heavy (non-hydrogen) atoms. The summed E-state index contributed by atoms with van der Waals surface area (Å²) < 4.78 is 23.4. The minimum absolute atomic E-state index is 0.229. The van der Waals surface area contributed by atoms with Crippen molar-refractivity contribution in [2.45, 2.75) is 25.2 Å². The van der Waals surface area contributed by atoms with E-state index in [1.807, 2.05) is 41.8 Å². The number of methoxy groups -OCH3 is 3. The number of hydrogen-bond acceptors (Lipinski definition) is 8. The van der Waals surface area contributed by atoms with Gasteiger partial charge in [0.2, 0.25) is 5.91 Å². The van der Waals surface area contributed by atoms with Crippen LogP contribution in [0.4, 0.5) is 0 Å². The van der Waals surface area contributed by atoms with E-state index in [1.54, 1.807) is 51.3 Å². The minimum Gasteiger partial charge on any atom is -0.497 e. The van der Waals surface area contributed by atoms with E-state index in [0.29, 0.717) is 36.2 Å². The first-order valence-electron chi connectivity index (χ1n) is 11.1. The van der Waals surface area contributed by atoms with E-state index in [0.717, 1.165) is 22.2 Å². The van der Waals surface area contributed by atoms with Crippen LogP contribution in [0.2, 0.25) is 0 Å². The smallest absolute Gasteiger partial charge is 0.244 e. The Morgan fingerprint density at radius 3 is 2.43 bits per heavy atom. The predicted octanol–water partition coefficient (Wildman–Crippen LogP) is 3.82. The monoisotopic (exact) mass is 498 g/mol. The first kappa shape index (κ1) is 26.0. The van der Waals surface area contributed by atoms with Gasteiger partial charge in [-0.1, -0.05) is 17.8 Å². The van der Waals surface area contributed by atoms with Gasteiger partial charge in [-0.2, -0.15) is 0 Å². The van der Waals surface area contributed by atoms with Crippen molar-refractivity contribution < 1.29 is 23.7 Å². The number of benzene rings is 2. The van der Waals surface area contributed by atoms with Crippen LogP contribution in [0, 0.1) is 0 Å². The summed E-state index contributed by atoms with van der Waals surface area (Å²) in [6, 6.07) is 12.9. The fourth-order valence-corrected chi connectivity index (χ4v) is 4.03. The standard InChI is InChI=1S/C25H30N4O5S/c1-5-29-23(17-26-24(30)13-7-18-6-12-21(32-3)22(16-18)33-4)27-28-25(29)35-15-14-34-20-10-8-19(31-2)9-11-20/h6-13,16H,5,14-15,17H2,1-4H3,(H,26,30). The van der Waals surface area contributed by atoms with E-state index in [-0.39, 0.29) is 12.5 Å². The summed E-state index contributed by atoms with van der Waals surface area (Å²) in [5, 5.41) is 12.2. The van der Waals surface area contributed by atoms with Crippen LogP contribution in [-0.4, -0.2) is 54.4 Å². The highest BCUT2D eigenvalue weighted by molar-refractivity contribution is 7.99. The molecule has 0 saturated heterocycles. The molecule has 1 amide bonds.